The Hall–Kier alpha value is -2.62. The first-order valence-corrected chi connectivity index (χ1v) is 10.1. The predicted octanol–water partition coefficient (Wildman–Crippen LogP) is 4.31. The van der Waals surface area contributed by atoms with Gasteiger partial charge in [0.1, 0.15) is 11.5 Å². The smallest absolute Gasteiger partial charge is 0.267 e. The zero-order valence-corrected chi connectivity index (χ0v) is 17.3. The normalized spacial score (nSPS) is 10.4. The molecule has 0 saturated heterocycles. The summed E-state index contributed by atoms with van der Waals surface area (Å²) in [6, 6.07) is 6.69. The molecular formula is C18H16ClN3O4S2. The summed E-state index contributed by atoms with van der Waals surface area (Å²) < 4.78 is 10.4. The number of nitrogens with zero attached hydrogens (tertiary/aromatic N) is 1. The van der Waals surface area contributed by atoms with Gasteiger partial charge in [-0.05, 0) is 11.4 Å². The number of anilines is 2. The molecule has 28 heavy (non-hydrogen) atoms. The van der Waals surface area contributed by atoms with E-state index in [-0.39, 0.29) is 18.2 Å². The molecule has 3 rings (SSSR count). The van der Waals surface area contributed by atoms with Gasteiger partial charge in [-0.15, -0.1) is 22.7 Å². The van der Waals surface area contributed by atoms with Gasteiger partial charge in [0, 0.05) is 17.5 Å². The number of amides is 2. The number of thiazole rings is 1. The van der Waals surface area contributed by atoms with Gasteiger partial charge in [0.05, 0.1) is 41.9 Å². The zero-order chi connectivity index (χ0) is 20.1. The van der Waals surface area contributed by atoms with E-state index in [1.165, 1.54) is 36.9 Å². The number of carbonyl (C=O) groups excluding carboxylic acids is 2. The molecule has 146 valence electrons. The number of benzene rings is 1. The number of hydrogen-bond donors (Lipinski definition) is 2. The second-order valence-corrected chi connectivity index (χ2v) is 7.70. The van der Waals surface area contributed by atoms with Crippen LogP contribution in [0.4, 0.5) is 10.8 Å². The van der Waals surface area contributed by atoms with Gasteiger partial charge < -0.3 is 14.8 Å². The molecule has 0 aliphatic carbocycles. The minimum absolute atomic E-state index is 0.0411. The van der Waals surface area contributed by atoms with Crippen molar-refractivity contribution in [3.05, 3.63) is 50.6 Å². The van der Waals surface area contributed by atoms with Crippen LogP contribution in [0.3, 0.4) is 0 Å². The summed E-state index contributed by atoms with van der Waals surface area (Å²) in [7, 11) is 2.97. The van der Waals surface area contributed by atoms with Gasteiger partial charge in [-0.3, -0.25) is 14.9 Å². The van der Waals surface area contributed by atoms with E-state index in [1.54, 1.807) is 29.6 Å². The van der Waals surface area contributed by atoms with Crippen molar-refractivity contribution in [1.29, 1.82) is 0 Å². The van der Waals surface area contributed by atoms with Gasteiger partial charge in [0.2, 0.25) is 5.91 Å². The fraction of sp³-hybridized carbons (Fsp3) is 0.167. The first-order chi connectivity index (χ1) is 13.5. The molecule has 2 aromatic heterocycles. The van der Waals surface area contributed by atoms with E-state index < -0.39 is 0 Å². The number of rotatable bonds is 7. The molecule has 1 aromatic carbocycles. The highest BCUT2D eigenvalue weighted by Crippen LogP contribution is 2.35. The number of carbonyl (C=O) groups is 2. The van der Waals surface area contributed by atoms with Gasteiger partial charge in [0.15, 0.2) is 5.13 Å². The van der Waals surface area contributed by atoms with Crippen LogP contribution in [0.5, 0.6) is 11.5 Å². The maximum absolute atomic E-state index is 12.4. The molecule has 0 spiro atoms. The second-order valence-electron chi connectivity index (χ2n) is 5.49. The first kappa shape index (κ1) is 20.1. The van der Waals surface area contributed by atoms with Crippen molar-refractivity contribution < 1.29 is 19.1 Å². The van der Waals surface area contributed by atoms with Crippen LogP contribution in [-0.4, -0.2) is 31.0 Å². The molecule has 0 atom stereocenters. The molecule has 2 amide bonds. The van der Waals surface area contributed by atoms with Gasteiger partial charge in [-0.1, -0.05) is 17.7 Å². The third-order valence-corrected chi connectivity index (χ3v) is 5.58. The number of halogens is 1. The van der Waals surface area contributed by atoms with E-state index in [9.17, 15) is 9.59 Å². The molecule has 10 heteroatoms. The summed E-state index contributed by atoms with van der Waals surface area (Å²) in [6.07, 6.45) is 0.0411. The van der Waals surface area contributed by atoms with Gasteiger partial charge in [-0.2, -0.15) is 0 Å². The summed E-state index contributed by atoms with van der Waals surface area (Å²) in [5, 5.41) is 9.85. The Balaban J connectivity index is 1.64. The summed E-state index contributed by atoms with van der Waals surface area (Å²) in [6.45, 7) is 0. The number of hydrogen-bond acceptors (Lipinski definition) is 7. The summed E-state index contributed by atoms with van der Waals surface area (Å²) in [5.41, 5.74) is 0.985. The van der Waals surface area contributed by atoms with E-state index >= 15 is 0 Å². The van der Waals surface area contributed by atoms with Crippen LogP contribution >= 0.6 is 34.3 Å². The lowest BCUT2D eigenvalue weighted by Crippen LogP contribution is -2.15. The van der Waals surface area contributed by atoms with Crippen LogP contribution < -0.4 is 20.1 Å². The molecule has 0 saturated carbocycles. The maximum Gasteiger partial charge on any atom is 0.267 e. The van der Waals surface area contributed by atoms with Gasteiger partial charge in [0.25, 0.3) is 5.91 Å². The number of methoxy groups -OCH3 is 2. The Morgan fingerprint density at radius 3 is 2.61 bits per heavy atom. The van der Waals surface area contributed by atoms with E-state index in [0.29, 0.717) is 37.9 Å². The van der Waals surface area contributed by atoms with E-state index in [1.807, 2.05) is 5.38 Å². The third kappa shape index (κ3) is 4.80. The molecule has 2 heterocycles. The second kappa shape index (κ2) is 9.05. The van der Waals surface area contributed by atoms with Gasteiger partial charge in [-0.25, -0.2) is 4.98 Å². The van der Waals surface area contributed by atoms with Crippen molar-refractivity contribution in [3.63, 3.8) is 0 Å². The average molecular weight is 438 g/mol. The number of nitrogens with one attached hydrogen (secondary N) is 2. The van der Waals surface area contributed by atoms with E-state index in [0.717, 1.165) is 0 Å². The molecule has 3 aromatic rings. The standard InChI is InChI=1S/C18H16ClN3O4S2/c1-25-13-8-12(14(26-2)7-11(13)19)21-16(23)6-10-9-28-18(20-10)22-17(24)15-4-3-5-27-15/h3-5,7-9H,6H2,1-2H3,(H,21,23)(H,20,22,24). The molecule has 0 aliphatic rings. The minimum atomic E-state index is -0.288. The van der Waals surface area contributed by atoms with E-state index in [4.69, 9.17) is 21.1 Å². The highest BCUT2D eigenvalue weighted by Gasteiger charge is 2.15. The van der Waals surface area contributed by atoms with Crippen LogP contribution in [0.25, 0.3) is 0 Å². The van der Waals surface area contributed by atoms with Crippen LogP contribution in [-0.2, 0) is 11.2 Å². The van der Waals surface area contributed by atoms with Gasteiger partial charge >= 0.3 is 0 Å². The van der Waals surface area contributed by atoms with Crippen molar-refractivity contribution in [2.75, 3.05) is 24.9 Å². The Bertz CT molecular complexity index is 989. The molecule has 0 radical (unpaired) electrons. The zero-order valence-electron chi connectivity index (χ0n) is 14.9. The Labute approximate surface area is 174 Å². The van der Waals surface area contributed by atoms with Crippen molar-refractivity contribution in [1.82, 2.24) is 4.98 Å². The topological polar surface area (TPSA) is 89.6 Å². The van der Waals surface area contributed by atoms with Crippen molar-refractivity contribution in [2.45, 2.75) is 6.42 Å². The summed E-state index contributed by atoms with van der Waals surface area (Å²) in [5.74, 6) is 0.328. The quantitative estimate of drug-likeness (QED) is 0.575. The Morgan fingerprint density at radius 1 is 1.14 bits per heavy atom. The molecule has 0 unspecified atom stereocenters. The lowest BCUT2D eigenvalue weighted by atomic mass is 10.2. The lowest BCUT2D eigenvalue weighted by Gasteiger charge is -2.12. The van der Waals surface area contributed by atoms with Crippen LogP contribution in [0.2, 0.25) is 5.02 Å². The number of aromatic nitrogens is 1. The van der Waals surface area contributed by atoms with Crippen molar-refractivity contribution >= 4 is 56.9 Å². The SMILES string of the molecule is COc1cc(NC(=O)Cc2csc(NC(=O)c3cccs3)n2)c(OC)cc1Cl. The average Bonchev–Trinajstić information content (AvgIpc) is 3.35. The number of thiophene rings is 1. The van der Waals surface area contributed by atoms with E-state index in [2.05, 4.69) is 15.6 Å². The van der Waals surface area contributed by atoms with Crippen LogP contribution in [0.15, 0.2) is 35.0 Å². The predicted molar refractivity (Wildman–Crippen MR) is 111 cm³/mol. The largest absolute Gasteiger partial charge is 0.495 e. The highest BCUT2D eigenvalue weighted by atomic mass is 35.5. The van der Waals surface area contributed by atoms with Crippen molar-refractivity contribution in [2.24, 2.45) is 0 Å². The molecule has 7 nitrogen and oxygen atoms in total. The van der Waals surface area contributed by atoms with Crippen LogP contribution in [0, 0.1) is 0 Å². The minimum Gasteiger partial charge on any atom is -0.495 e. The third-order valence-electron chi connectivity index (χ3n) is 3.61. The highest BCUT2D eigenvalue weighted by molar-refractivity contribution is 7.14. The lowest BCUT2D eigenvalue weighted by molar-refractivity contribution is -0.115. The maximum atomic E-state index is 12.4. The molecule has 0 bridgehead atoms. The fourth-order valence-corrected chi connectivity index (χ4v) is 3.88. The first-order valence-electron chi connectivity index (χ1n) is 8.00. The van der Waals surface area contributed by atoms with Crippen molar-refractivity contribution in [3.8, 4) is 11.5 Å². The molecular weight excluding hydrogens is 422 g/mol. The summed E-state index contributed by atoms with van der Waals surface area (Å²) >= 11 is 8.67. The molecule has 2 N–H and O–H groups in total. The number of ether oxygens (including phenoxy) is 2. The monoisotopic (exact) mass is 437 g/mol. The molecule has 0 aliphatic heterocycles. The molecule has 0 fully saturated rings. The summed E-state index contributed by atoms with van der Waals surface area (Å²) in [4.78, 5) is 29.3. The Morgan fingerprint density at radius 2 is 1.93 bits per heavy atom. The fourth-order valence-electron chi connectivity index (χ4n) is 2.33. The van der Waals surface area contributed by atoms with Crippen LogP contribution in [0.1, 0.15) is 15.4 Å². The Kier molecular flexibility index (Phi) is 6.50.